The van der Waals surface area contributed by atoms with E-state index in [-0.39, 0.29) is 23.1 Å². The number of aliphatic carboxylic acids is 1. The van der Waals surface area contributed by atoms with Crippen LogP contribution in [0.2, 0.25) is 0 Å². The van der Waals surface area contributed by atoms with E-state index in [1.54, 1.807) is 13.8 Å². The average Bonchev–Trinajstić information content (AvgIpc) is 2.53. The first-order chi connectivity index (χ1) is 11.1. The van der Waals surface area contributed by atoms with Crippen LogP contribution in [0.25, 0.3) is 0 Å². The Morgan fingerprint density at radius 3 is 2.21 bits per heavy atom. The maximum absolute atomic E-state index is 12.3. The largest absolute Gasteiger partial charge is 0.480 e. The molecule has 1 amide bonds. The molecule has 0 radical (unpaired) electrons. The number of hydrogen-bond donors (Lipinski definition) is 2. The van der Waals surface area contributed by atoms with E-state index in [0.717, 1.165) is 0 Å². The average molecular weight is 358 g/mol. The minimum atomic E-state index is -3.64. The molecule has 0 aliphatic rings. The number of hydrogen-bond acceptors (Lipinski definition) is 5. The summed E-state index contributed by atoms with van der Waals surface area (Å²) in [5.41, 5.74) is 0.156. The summed E-state index contributed by atoms with van der Waals surface area (Å²) in [7, 11) is -0.837. The number of benzene rings is 1. The third-order valence-electron chi connectivity index (χ3n) is 3.46. The Bertz CT molecular complexity index is 684. The normalized spacial score (nSPS) is 13.1. The van der Waals surface area contributed by atoms with E-state index in [4.69, 9.17) is 9.84 Å². The predicted octanol–water partition coefficient (Wildman–Crippen LogP) is 0.545. The van der Waals surface area contributed by atoms with E-state index in [9.17, 15) is 18.0 Å². The van der Waals surface area contributed by atoms with Gasteiger partial charge in [0, 0.05) is 25.8 Å². The van der Waals surface area contributed by atoms with Crippen LogP contribution in [0.4, 0.5) is 0 Å². The van der Waals surface area contributed by atoms with Crippen molar-refractivity contribution >= 4 is 21.9 Å². The first kappa shape index (κ1) is 20.1. The first-order valence-electron chi connectivity index (χ1n) is 7.22. The maximum Gasteiger partial charge on any atom is 0.328 e. The quantitative estimate of drug-likeness (QED) is 0.701. The van der Waals surface area contributed by atoms with Crippen molar-refractivity contribution in [1.29, 1.82) is 0 Å². The number of ether oxygens (including phenoxy) is 1. The molecule has 1 aromatic rings. The van der Waals surface area contributed by atoms with Gasteiger partial charge in [-0.2, -0.15) is 4.31 Å². The summed E-state index contributed by atoms with van der Waals surface area (Å²) < 4.78 is 30.6. The van der Waals surface area contributed by atoms with Gasteiger partial charge >= 0.3 is 5.97 Å². The number of nitrogens with zero attached hydrogens (tertiary/aromatic N) is 1. The van der Waals surface area contributed by atoms with Gasteiger partial charge in [0.1, 0.15) is 0 Å². The summed E-state index contributed by atoms with van der Waals surface area (Å²) in [5.74, 6) is -1.84. The van der Waals surface area contributed by atoms with Gasteiger partial charge in [0.05, 0.1) is 11.5 Å². The van der Waals surface area contributed by atoms with E-state index >= 15 is 0 Å². The lowest BCUT2D eigenvalue weighted by Gasteiger charge is -2.21. The highest BCUT2D eigenvalue weighted by atomic mass is 32.2. The van der Waals surface area contributed by atoms with Crippen LogP contribution in [0.1, 0.15) is 24.2 Å². The number of carbonyl (C=O) groups excluding carboxylic acids is 1. The highest BCUT2D eigenvalue weighted by Gasteiger charge is 2.24. The molecule has 0 fully saturated rings. The Hall–Kier alpha value is -1.97. The Balaban J connectivity index is 2.95. The molecular weight excluding hydrogens is 336 g/mol. The number of amides is 1. The van der Waals surface area contributed by atoms with Crippen molar-refractivity contribution in [3.8, 4) is 0 Å². The fraction of sp³-hybridized carbons (Fsp3) is 0.467. The molecule has 0 spiro atoms. The van der Waals surface area contributed by atoms with Gasteiger partial charge in [-0.25, -0.2) is 13.2 Å². The van der Waals surface area contributed by atoms with Gasteiger partial charge in [0.15, 0.2) is 6.04 Å². The molecule has 9 heteroatoms. The molecule has 0 aliphatic carbocycles. The Morgan fingerprint density at radius 2 is 1.79 bits per heavy atom. The van der Waals surface area contributed by atoms with Gasteiger partial charge in [-0.15, -0.1) is 0 Å². The van der Waals surface area contributed by atoms with Gasteiger partial charge in [-0.1, -0.05) is 0 Å². The first-order valence-corrected chi connectivity index (χ1v) is 8.66. The third kappa shape index (κ3) is 4.76. The van der Waals surface area contributed by atoms with Crippen LogP contribution < -0.4 is 5.32 Å². The van der Waals surface area contributed by atoms with Crippen molar-refractivity contribution in [1.82, 2.24) is 9.62 Å². The van der Waals surface area contributed by atoms with Crippen LogP contribution in [0.15, 0.2) is 29.2 Å². The lowest BCUT2D eigenvalue weighted by Crippen LogP contribution is -2.43. The molecular formula is C15H22N2O6S. The topological polar surface area (TPSA) is 113 Å². The summed E-state index contributed by atoms with van der Waals surface area (Å²) >= 11 is 0. The van der Waals surface area contributed by atoms with E-state index in [0.29, 0.717) is 0 Å². The van der Waals surface area contributed by atoms with E-state index in [2.05, 4.69) is 5.32 Å². The minimum absolute atomic E-state index is 0.0573. The Morgan fingerprint density at radius 1 is 1.25 bits per heavy atom. The number of nitrogens with one attached hydrogen (secondary N) is 1. The number of carbonyl (C=O) groups is 2. The Labute approximate surface area is 141 Å². The molecule has 24 heavy (non-hydrogen) atoms. The number of sulfonamides is 1. The second-order valence-corrected chi connectivity index (χ2v) is 7.46. The van der Waals surface area contributed by atoms with Crippen molar-refractivity contribution in [2.24, 2.45) is 0 Å². The lowest BCUT2D eigenvalue weighted by molar-refractivity contribution is -0.140. The van der Waals surface area contributed by atoms with Crippen molar-refractivity contribution in [2.75, 3.05) is 20.8 Å². The van der Waals surface area contributed by atoms with Crippen LogP contribution in [0.3, 0.4) is 0 Å². The third-order valence-corrected chi connectivity index (χ3v) is 5.51. The monoisotopic (exact) mass is 358 g/mol. The van der Waals surface area contributed by atoms with Crippen molar-refractivity contribution in [3.05, 3.63) is 29.8 Å². The molecule has 1 atom stereocenters. The van der Waals surface area contributed by atoms with Crippen LogP contribution in [0, 0.1) is 0 Å². The number of methoxy groups -OCH3 is 1. The molecule has 0 bridgehead atoms. The zero-order chi connectivity index (χ0) is 18.5. The van der Waals surface area contributed by atoms with Crippen LogP contribution in [-0.4, -0.2) is 62.6 Å². The predicted molar refractivity (Wildman–Crippen MR) is 87.3 cm³/mol. The zero-order valence-corrected chi connectivity index (χ0v) is 14.8. The minimum Gasteiger partial charge on any atom is -0.480 e. The SMILES string of the molecule is COCC(NC(=O)c1ccc(S(=O)(=O)N(C)C(C)C)cc1)C(=O)O. The van der Waals surface area contributed by atoms with E-state index in [1.807, 2.05) is 0 Å². The molecule has 1 rings (SSSR count). The molecule has 134 valence electrons. The molecule has 0 saturated carbocycles. The second kappa shape index (κ2) is 8.22. The zero-order valence-electron chi connectivity index (χ0n) is 14.0. The summed E-state index contributed by atoms with van der Waals surface area (Å²) in [6.07, 6.45) is 0. The fourth-order valence-corrected chi connectivity index (χ4v) is 3.17. The standard InChI is InChI=1S/C15H22N2O6S/c1-10(2)17(3)24(21,22)12-7-5-11(6-8-12)14(18)16-13(9-23-4)15(19)20/h5-8,10,13H,9H2,1-4H3,(H,16,18)(H,19,20). The van der Waals surface area contributed by atoms with Crippen molar-refractivity contribution in [3.63, 3.8) is 0 Å². The Kier molecular flexibility index (Phi) is 6.88. The summed E-state index contributed by atoms with van der Waals surface area (Å²) in [6.45, 7) is 3.33. The van der Waals surface area contributed by atoms with Crippen LogP contribution >= 0.6 is 0 Å². The van der Waals surface area contributed by atoms with Gasteiger partial charge < -0.3 is 15.2 Å². The smallest absolute Gasteiger partial charge is 0.328 e. The molecule has 0 heterocycles. The molecule has 2 N–H and O–H groups in total. The summed E-state index contributed by atoms with van der Waals surface area (Å²) in [5, 5.41) is 11.3. The van der Waals surface area contributed by atoms with Crippen molar-refractivity contribution in [2.45, 2.75) is 30.8 Å². The highest BCUT2D eigenvalue weighted by molar-refractivity contribution is 7.89. The highest BCUT2D eigenvalue weighted by Crippen LogP contribution is 2.17. The summed E-state index contributed by atoms with van der Waals surface area (Å²) in [4.78, 5) is 23.1. The molecule has 1 unspecified atom stereocenters. The van der Waals surface area contributed by atoms with Gasteiger partial charge in [0.2, 0.25) is 10.0 Å². The maximum atomic E-state index is 12.3. The molecule has 0 aromatic heterocycles. The van der Waals surface area contributed by atoms with E-state index < -0.39 is 27.9 Å². The molecule has 0 saturated heterocycles. The number of rotatable bonds is 8. The van der Waals surface area contributed by atoms with Crippen LogP contribution in [-0.2, 0) is 19.6 Å². The van der Waals surface area contributed by atoms with Crippen molar-refractivity contribution < 1.29 is 27.9 Å². The molecule has 0 aliphatic heterocycles. The number of carboxylic acid groups (broad SMARTS) is 1. The molecule has 1 aromatic carbocycles. The van der Waals surface area contributed by atoms with E-state index in [1.165, 1.54) is 42.7 Å². The lowest BCUT2D eigenvalue weighted by atomic mass is 10.2. The van der Waals surface area contributed by atoms with Crippen LogP contribution in [0.5, 0.6) is 0 Å². The molecule has 8 nitrogen and oxygen atoms in total. The van der Waals surface area contributed by atoms with Gasteiger partial charge in [0.25, 0.3) is 5.91 Å². The second-order valence-electron chi connectivity index (χ2n) is 5.46. The fourth-order valence-electron chi connectivity index (χ4n) is 1.81. The van der Waals surface area contributed by atoms with Gasteiger partial charge in [-0.05, 0) is 38.1 Å². The van der Waals surface area contributed by atoms with Gasteiger partial charge in [-0.3, -0.25) is 4.79 Å². The number of carboxylic acids is 1. The summed E-state index contributed by atoms with van der Waals surface area (Å²) in [6, 6.07) is 3.91.